The number of hydrogen-bond donors (Lipinski definition) is 2. The van der Waals surface area contributed by atoms with Crippen LogP contribution >= 0.6 is 23.4 Å². The van der Waals surface area contributed by atoms with Crippen molar-refractivity contribution in [2.45, 2.75) is 154 Å². The fourth-order valence-corrected chi connectivity index (χ4v) is 5.75. The average Bonchev–Trinajstić information content (AvgIpc) is 2.99. The molecule has 0 unspecified atom stereocenters. The lowest BCUT2D eigenvalue weighted by atomic mass is 10.0. The highest BCUT2D eigenvalue weighted by Crippen LogP contribution is 2.18. The highest BCUT2D eigenvalue weighted by Gasteiger charge is 2.17. The SMILES string of the molecule is C.CC(=O)N[C@@H](CSC/C=C(\C)CC/C=C(\CC=C(C)C)CCC=C(C)C)C(=O)O.CC(C)=CCC/C(=C/CC/C(C)=C/CCl)CC=C(C)C. The second kappa shape index (κ2) is 33.6. The van der Waals surface area contributed by atoms with E-state index in [1.165, 1.54) is 64.1 Å². The molecule has 2 N–H and O–H groups in total. The summed E-state index contributed by atoms with van der Waals surface area (Å²) in [5, 5.41) is 11.6. The fraction of sp³-hybridized carbons (Fsp3) is 0.591. The minimum absolute atomic E-state index is 0. The first-order chi connectivity index (χ1) is 23.1. The van der Waals surface area contributed by atoms with Crippen LogP contribution in [0.5, 0.6) is 0 Å². The zero-order valence-electron chi connectivity index (χ0n) is 32.9. The standard InChI is InChI=1S/C24H39NO3S.C19H31Cl.CH4/c1-18(2)9-7-11-22(14-13-19(3)4)12-8-10-20(5)15-16-29-17-23(24(27)28)25-21(6)26;1-16(2)8-6-10-19(13-12-17(3)4)11-7-9-18(5)14-15-20;/h9,12-13,15,23H,7-8,10-11,14,16-17H2,1-6H3,(H,25,26)(H,27,28);8,11-12,14H,6-7,9-10,13,15H2,1-5H3;1H4/b20-15+,22-12-;18-14+,19-11-;/t23-;;/m0../s1. The molecule has 0 aliphatic carbocycles. The summed E-state index contributed by atoms with van der Waals surface area (Å²) in [5.41, 5.74) is 11.3. The zero-order valence-corrected chi connectivity index (χ0v) is 34.5. The maximum Gasteiger partial charge on any atom is 0.327 e. The first-order valence-corrected chi connectivity index (χ1v) is 19.6. The summed E-state index contributed by atoms with van der Waals surface area (Å²) in [7, 11) is 0. The van der Waals surface area contributed by atoms with Gasteiger partial charge in [0.15, 0.2) is 0 Å². The van der Waals surface area contributed by atoms with Crippen molar-refractivity contribution in [1.29, 1.82) is 0 Å². The number of thioether (sulfide) groups is 1. The molecule has 0 aliphatic rings. The van der Waals surface area contributed by atoms with Gasteiger partial charge in [0.2, 0.25) is 5.91 Å². The van der Waals surface area contributed by atoms with Crippen molar-refractivity contribution in [3.63, 3.8) is 0 Å². The lowest BCUT2D eigenvalue weighted by Gasteiger charge is -2.12. The van der Waals surface area contributed by atoms with Crippen LogP contribution in [0.2, 0.25) is 0 Å². The lowest BCUT2D eigenvalue weighted by Crippen LogP contribution is -2.41. The van der Waals surface area contributed by atoms with Gasteiger partial charge >= 0.3 is 5.97 Å². The number of rotatable bonds is 23. The molecule has 0 saturated carbocycles. The van der Waals surface area contributed by atoms with Crippen LogP contribution in [0, 0.1) is 0 Å². The van der Waals surface area contributed by atoms with E-state index in [1.807, 2.05) is 0 Å². The van der Waals surface area contributed by atoms with Gasteiger partial charge in [-0.25, -0.2) is 4.79 Å². The van der Waals surface area contributed by atoms with Crippen LogP contribution in [0.25, 0.3) is 0 Å². The minimum Gasteiger partial charge on any atom is -0.480 e. The molecule has 0 saturated heterocycles. The van der Waals surface area contributed by atoms with E-state index in [0.29, 0.717) is 11.6 Å². The Bertz CT molecular complexity index is 1200. The number of amides is 1. The van der Waals surface area contributed by atoms with E-state index in [0.717, 1.165) is 63.5 Å². The molecule has 0 radical (unpaired) electrons. The predicted molar refractivity (Wildman–Crippen MR) is 228 cm³/mol. The van der Waals surface area contributed by atoms with Gasteiger partial charge in [0, 0.05) is 24.3 Å². The van der Waals surface area contributed by atoms with Gasteiger partial charge in [-0.1, -0.05) is 101 Å². The van der Waals surface area contributed by atoms with Gasteiger partial charge in [-0.15, -0.1) is 11.6 Å². The molecular formula is C44H74ClNO3S. The molecule has 0 aromatic heterocycles. The van der Waals surface area contributed by atoms with Crippen molar-refractivity contribution < 1.29 is 14.7 Å². The highest BCUT2D eigenvalue weighted by molar-refractivity contribution is 7.99. The molecule has 0 aromatic rings. The number of alkyl halides is 1. The van der Waals surface area contributed by atoms with Crippen molar-refractivity contribution in [2.75, 3.05) is 17.4 Å². The number of carbonyl (C=O) groups excluding carboxylic acids is 1. The molecule has 0 bridgehead atoms. The average molecular weight is 733 g/mol. The van der Waals surface area contributed by atoms with E-state index in [2.05, 4.69) is 123 Å². The van der Waals surface area contributed by atoms with E-state index < -0.39 is 12.0 Å². The Kier molecular flexibility index (Phi) is 34.9. The summed E-state index contributed by atoms with van der Waals surface area (Å²) in [5.74, 6) is 0.446. The second-order valence-electron chi connectivity index (χ2n) is 13.8. The Morgan fingerprint density at radius 2 is 1.00 bits per heavy atom. The molecule has 286 valence electrons. The van der Waals surface area contributed by atoms with Crippen LogP contribution < -0.4 is 5.32 Å². The topological polar surface area (TPSA) is 66.4 Å². The third-order valence-corrected chi connectivity index (χ3v) is 8.59. The van der Waals surface area contributed by atoms with Gasteiger partial charge < -0.3 is 10.4 Å². The third-order valence-electron chi connectivity index (χ3n) is 7.46. The van der Waals surface area contributed by atoms with Crippen molar-refractivity contribution in [3.8, 4) is 0 Å². The molecule has 1 amide bonds. The quantitative estimate of drug-likeness (QED) is 0.0624. The molecule has 0 spiro atoms. The molecule has 0 aliphatic heterocycles. The van der Waals surface area contributed by atoms with Crippen molar-refractivity contribution in [1.82, 2.24) is 5.32 Å². The maximum absolute atomic E-state index is 11.1. The molecule has 0 heterocycles. The maximum atomic E-state index is 11.1. The molecule has 0 fully saturated rings. The van der Waals surface area contributed by atoms with E-state index in [4.69, 9.17) is 16.7 Å². The van der Waals surface area contributed by atoms with Crippen LogP contribution in [-0.2, 0) is 9.59 Å². The minimum atomic E-state index is -0.990. The molecule has 4 nitrogen and oxygen atoms in total. The Hall–Kier alpha value is -2.50. The predicted octanol–water partition coefficient (Wildman–Crippen LogP) is 13.7. The van der Waals surface area contributed by atoms with Gasteiger partial charge in [0.05, 0.1) is 0 Å². The number of allylic oxidation sites excluding steroid dienone is 15. The number of carbonyl (C=O) groups is 2. The van der Waals surface area contributed by atoms with Gasteiger partial charge in [-0.05, 0) is 133 Å². The molecule has 50 heavy (non-hydrogen) atoms. The lowest BCUT2D eigenvalue weighted by molar-refractivity contribution is -0.140. The van der Waals surface area contributed by atoms with E-state index in [-0.39, 0.29) is 13.3 Å². The number of nitrogens with one attached hydrogen (secondary N) is 1. The Morgan fingerprint density at radius 3 is 1.36 bits per heavy atom. The van der Waals surface area contributed by atoms with E-state index in [1.54, 1.807) is 5.57 Å². The molecule has 6 heteroatoms. The van der Waals surface area contributed by atoms with E-state index >= 15 is 0 Å². The van der Waals surface area contributed by atoms with Crippen molar-refractivity contribution in [3.05, 3.63) is 93.2 Å². The van der Waals surface area contributed by atoms with Gasteiger partial charge in [-0.3, -0.25) is 4.79 Å². The smallest absolute Gasteiger partial charge is 0.327 e. The monoisotopic (exact) mass is 732 g/mol. The second-order valence-corrected chi connectivity index (χ2v) is 15.2. The van der Waals surface area contributed by atoms with E-state index in [9.17, 15) is 9.59 Å². The first-order valence-electron chi connectivity index (χ1n) is 17.9. The summed E-state index contributed by atoms with van der Waals surface area (Å²) < 4.78 is 0. The van der Waals surface area contributed by atoms with Gasteiger partial charge in [0.25, 0.3) is 0 Å². The Balaban J connectivity index is -0.000000924. The van der Waals surface area contributed by atoms with Crippen LogP contribution in [0.4, 0.5) is 0 Å². The number of halogens is 1. The number of carboxylic acid groups (broad SMARTS) is 1. The van der Waals surface area contributed by atoms with Gasteiger partial charge in [0.1, 0.15) is 6.04 Å². The highest BCUT2D eigenvalue weighted by atomic mass is 35.5. The normalized spacial score (nSPS) is 12.4. The van der Waals surface area contributed by atoms with Crippen LogP contribution in [0.15, 0.2) is 93.2 Å². The first kappa shape index (κ1) is 51.9. The largest absolute Gasteiger partial charge is 0.480 e. The zero-order chi connectivity index (χ0) is 37.6. The summed E-state index contributed by atoms with van der Waals surface area (Å²) in [6, 6.07) is -0.826. The van der Waals surface area contributed by atoms with Crippen molar-refractivity contribution in [2.24, 2.45) is 0 Å². The molecular weight excluding hydrogens is 658 g/mol. The fourth-order valence-electron chi connectivity index (χ4n) is 4.49. The summed E-state index contributed by atoms with van der Waals surface area (Å²) in [6.45, 7) is 22.8. The van der Waals surface area contributed by atoms with Crippen LogP contribution in [0.3, 0.4) is 0 Å². The number of aliphatic carboxylic acids is 1. The number of carboxylic acids is 1. The summed E-state index contributed by atoms with van der Waals surface area (Å²) in [4.78, 5) is 22.2. The van der Waals surface area contributed by atoms with Crippen molar-refractivity contribution >= 4 is 35.2 Å². The Labute approximate surface area is 318 Å². The molecule has 0 rings (SSSR count). The molecule has 0 aromatic carbocycles. The summed E-state index contributed by atoms with van der Waals surface area (Å²) >= 11 is 7.24. The number of hydrogen-bond acceptors (Lipinski definition) is 3. The summed E-state index contributed by atoms with van der Waals surface area (Å²) in [6.07, 6.45) is 29.2. The van der Waals surface area contributed by atoms with Gasteiger partial charge in [-0.2, -0.15) is 11.8 Å². The third kappa shape index (κ3) is 36.8. The molecule has 1 atom stereocenters. The van der Waals surface area contributed by atoms with Crippen LogP contribution in [-0.4, -0.2) is 40.4 Å². The van der Waals surface area contributed by atoms with Crippen LogP contribution in [0.1, 0.15) is 148 Å². The Morgan fingerprint density at radius 1 is 0.600 bits per heavy atom.